The average Bonchev–Trinajstić information content (AvgIpc) is 3.13. The zero-order valence-electron chi connectivity index (χ0n) is 17.5. The van der Waals surface area contributed by atoms with Crippen LogP contribution in [0.4, 0.5) is 22.9 Å². The minimum absolute atomic E-state index is 0.257. The summed E-state index contributed by atoms with van der Waals surface area (Å²) < 4.78 is 7.25. The molecular weight excluding hydrogens is 422 g/mol. The summed E-state index contributed by atoms with van der Waals surface area (Å²) in [5.74, 6) is 6.08. The quantitative estimate of drug-likeness (QED) is 0.148. The summed E-state index contributed by atoms with van der Waals surface area (Å²) in [4.78, 5) is 16.9. The molecule has 3 rings (SSSR count). The Balaban J connectivity index is 1.62. The molecule has 0 radical (unpaired) electrons. The Morgan fingerprint density at radius 1 is 1.35 bits per heavy atom. The molecule has 1 unspecified atom stereocenters. The van der Waals surface area contributed by atoms with Crippen LogP contribution in [0.15, 0.2) is 24.4 Å². The van der Waals surface area contributed by atoms with Crippen LogP contribution in [0.1, 0.15) is 22.8 Å². The van der Waals surface area contributed by atoms with E-state index in [4.69, 9.17) is 33.6 Å². The third-order valence-electron chi connectivity index (χ3n) is 4.59. The molecule has 0 aliphatic rings. The van der Waals surface area contributed by atoms with E-state index < -0.39 is 0 Å². The fraction of sp³-hybridized carbons (Fsp3) is 0.316. The van der Waals surface area contributed by atoms with Crippen molar-refractivity contribution < 1.29 is 9.53 Å². The molecular formula is C19H26ClN9O2. The van der Waals surface area contributed by atoms with Gasteiger partial charge in [0.2, 0.25) is 0 Å². The van der Waals surface area contributed by atoms with E-state index in [1.165, 1.54) is 15.7 Å². The fourth-order valence-electron chi connectivity index (χ4n) is 3.06. The summed E-state index contributed by atoms with van der Waals surface area (Å²) in [5.41, 5.74) is 14.8. The highest BCUT2D eigenvalue weighted by Gasteiger charge is 2.18. The van der Waals surface area contributed by atoms with E-state index in [1.54, 1.807) is 26.2 Å². The molecule has 31 heavy (non-hydrogen) atoms. The van der Waals surface area contributed by atoms with Crippen LogP contribution >= 0.6 is 11.6 Å². The molecule has 2 heterocycles. The first-order chi connectivity index (χ1) is 14.7. The van der Waals surface area contributed by atoms with Crippen molar-refractivity contribution in [1.82, 2.24) is 19.9 Å². The molecule has 1 atom stereocenters. The number of hydrogen-bond acceptors (Lipinski definition) is 9. The van der Waals surface area contributed by atoms with Crippen molar-refractivity contribution in [1.29, 1.82) is 0 Å². The number of anilines is 4. The van der Waals surface area contributed by atoms with Crippen molar-refractivity contribution in [2.24, 2.45) is 5.84 Å². The predicted molar refractivity (Wildman–Crippen MR) is 122 cm³/mol. The molecule has 0 fully saturated rings. The maximum atomic E-state index is 12.7. The summed E-state index contributed by atoms with van der Waals surface area (Å²) in [6.45, 7) is 2.39. The minimum atomic E-state index is -0.327. The standard InChI is InChI=1S/C19H26ClN9O2/c1-10(8-31-9-11-4-13(21)17(22)14(5-11)28(3)23)26-19(30)12-7-25-29-16(24-2)6-15(20)27-18(12)29/h4-7,10,24H,8-9,21-23H2,1-3H3,(H,26,30). The monoisotopic (exact) mass is 447 g/mol. The summed E-state index contributed by atoms with van der Waals surface area (Å²) in [6, 6.07) is 4.90. The van der Waals surface area contributed by atoms with Gasteiger partial charge in [0, 0.05) is 26.2 Å². The average molecular weight is 448 g/mol. The Hall–Kier alpha value is -3.28. The van der Waals surface area contributed by atoms with Gasteiger partial charge >= 0.3 is 0 Å². The molecule has 11 nitrogen and oxygen atoms in total. The maximum Gasteiger partial charge on any atom is 0.257 e. The molecule has 0 aliphatic carbocycles. The topological polar surface area (TPSA) is 162 Å². The zero-order valence-corrected chi connectivity index (χ0v) is 18.3. The van der Waals surface area contributed by atoms with Gasteiger partial charge in [-0.25, -0.2) is 10.8 Å². The van der Waals surface area contributed by atoms with Crippen LogP contribution < -0.4 is 33.0 Å². The number of hydrogen-bond donors (Lipinski definition) is 5. The lowest BCUT2D eigenvalue weighted by molar-refractivity contribution is 0.0821. The summed E-state index contributed by atoms with van der Waals surface area (Å²) in [7, 11) is 3.41. The number of benzene rings is 1. The highest BCUT2D eigenvalue weighted by atomic mass is 35.5. The van der Waals surface area contributed by atoms with Crippen LogP contribution in [-0.4, -0.2) is 47.2 Å². The van der Waals surface area contributed by atoms with Gasteiger partial charge in [0.05, 0.1) is 36.5 Å². The second-order valence-corrected chi connectivity index (χ2v) is 7.51. The summed E-state index contributed by atoms with van der Waals surface area (Å²) in [5, 5.41) is 11.7. The first-order valence-electron chi connectivity index (χ1n) is 9.48. The smallest absolute Gasteiger partial charge is 0.257 e. The van der Waals surface area contributed by atoms with Crippen molar-refractivity contribution in [3.8, 4) is 0 Å². The Labute approximate surface area is 184 Å². The van der Waals surface area contributed by atoms with E-state index in [2.05, 4.69) is 20.7 Å². The van der Waals surface area contributed by atoms with Gasteiger partial charge in [0.15, 0.2) is 5.65 Å². The van der Waals surface area contributed by atoms with Crippen LogP contribution in [0.3, 0.4) is 0 Å². The molecule has 166 valence electrons. The lowest BCUT2D eigenvalue weighted by atomic mass is 10.1. The first kappa shape index (κ1) is 22.4. The van der Waals surface area contributed by atoms with Gasteiger partial charge < -0.3 is 31.8 Å². The van der Waals surface area contributed by atoms with Gasteiger partial charge in [-0.05, 0) is 24.6 Å². The van der Waals surface area contributed by atoms with Crippen molar-refractivity contribution >= 4 is 46.0 Å². The Morgan fingerprint density at radius 3 is 2.77 bits per heavy atom. The van der Waals surface area contributed by atoms with E-state index in [0.717, 1.165) is 5.56 Å². The Bertz CT molecular complexity index is 1100. The second-order valence-electron chi connectivity index (χ2n) is 7.13. The van der Waals surface area contributed by atoms with Crippen LogP contribution in [0.25, 0.3) is 5.65 Å². The number of rotatable bonds is 8. The molecule has 3 aromatic rings. The lowest BCUT2D eigenvalue weighted by Gasteiger charge is -2.18. The molecule has 0 saturated heterocycles. The van der Waals surface area contributed by atoms with E-state index >= 15 is 0 Å². The van der Waals surface area contributed by atoms with Gasteiger partial charge in [0.1, 0.15) is 16.5 Å². The maximum absolute atomic E-state index is 12.7. The Morgan fingerprint density at radius 2 is 2.10 bits per heavy atom. The molecule has 0 spiro atoms. The number of nitrogens with two attached hydrogens (primary N) is 3. The zero-order chi connectivity index (χ0) is 22.7. The van der Waals surface area contributed by atoms with Crippen LogP contribution in [-0.2, 0) is 11.3 Å². The van der Waals surface area contributed by atoms with E-state index in [9.17, 15) is 4.79 Å². The number of fused-ring (bicyclic) bond motifs is 1. The van der Waals surface area contributed by atoms with Crippen molar-refractivity contribution in [2.45, 2.75) is 19.6 Å². The molecule has 0 aliphatic heterocycles. The SMILES string of the molecule is CNc1cc(Cl)nc2c(C(=O)NC(C)COCc3cc(N)c(N)c(N(C)N)c3)cnn12. The third kappa shape index (κ3) is 4.90. The summed E-state index contributed by atoms with van der Waals surface area (Å²) in [6.07, 6.45) is 1.45. The number of nitrogens with zero attached hydrogens (tertiary/aromatic N) is 4. The van der Waals surface area contributed by atoms with E-state index in [1.807, 2.05) is 13.0 Å². The van der Waals surface area contributed by atoms with Gasteiger partial charge in [-0.3, -0.25) is 4.79 Å². The second kappa shape index (κ2) is 9.25. The fourth-order valence-corrected chi connectivity index (χ4v) is 3.25. The van der Waals surface area contributed by atoms with Crippen molar-refractivity contribution in [2.75, 3.05) is 42.5 Å². The number of nitrogen functional groups attached to an aromatic ring is 2. The number of aromatic nitrogens is 3. The van der Waals surface area contributed by atoms with Crippen LogP contribution in [0.2, 0.25) is 5.15 Å². The van der Waals surface area contributed by atoms with Crippen LogP contribution in [0.5, 0.6) is 0 Å². The number of halogens is 1. The van der Waals surface area contributed by atoms with Crippen LogP contribution in [0, 0.1) is 0 Å². The Kier molecular flexibility index (Phi) is 6.68. The number of carbonyl (C=O) groups excluding carboxylic acids is 1. The summed E-state index contributed by atoms with van der Waals surface area (Å²) >= 11 is 6.05. The van der Waals surface area contributed by atoms with Gasteiger partial charge in [-0.15, -0.1) is 0 Å². The van der Waals surface area contributed by atoms with E-state index in [0.29, 0.717) is 34.1 Å². The molecule has 2 aromatic heterocycles. The largest absolute Gasteiger partial charge is 0.397 e. The molecule has 0 saturated carbocycles. The number of hydrazine groups is 1. The van der Waals surface area contributed by atoms with Crippen molar-refractivity contribution in [3.05, 3.63) is 40.7 Å². The van der Waals surface area contributed by atoms with Gasteiger partial charge in [0.25, 0.3) is 5.91 Å². The minimum Gasteiger partial charge on any atom is -0.397 e. The molecule has 0 bridgehead atoms. The molecule has 1 amide bonds. The number of carbonyl (C=O) groups is 1. The highest BCUT2D eigenvalue weighted by Crippen LogP contribution is 2.29. The number of amides is 1. The third-order valence-corrected chi connectivity index (χ3v) is 4.78. The van der Waals surface area contributed by atoms with Crippen molar-refractivity contribution in [3.63, 3.8) is 0 Å². The predicted octanol–water partition coefficient (Wildman–Crippen LogP) is 1.23. The number of ether oxygens (including phenoxy) is 1. The molecule has 12 heteroatoms. The molecule has 1 aromatic carbocycles. The molecule has 8 N–H and O–H groups in total. The lowest BCUT2D eigenvalue weighted by Crippen LogP contribution is -2.35. The highest BCUT2D eigenvalue weighted by molar-refractivity contribution is 6.29. The normalized spacial score (nSPS) is 12.0. The van der Waals surface area contributed by atoms with Gasteiger partial charge in [-0.1, -0.05) is 11.6 Å². The van der Waals surface area contributed by atoms with E-state index in [-0.39, 0.29) is 30.3 Å². The van der Waals surface area contributed by atoms with Gasteiger partial charge in [-0.2, -0.15) is 9.61 Å². The first-order valence-corrected chi connectivity index (χ1v) is 9.86. The number of nitrogens with one attached hydrogen (secondary N) is 2.